The molecule has 0 saturated heterocycles. The molecular weight excluding hydrogens is 332 g/mol. The van der Waals surface area contributed by atoms with Gasteiger partial charge in [0.1, 0.15) is 18.1 Å². The summed E-state index contributed by atoms with van der Waals surface area (Å²) in [5, 5.41) is 11.0. The quantitative estimate of drug-likeness (QED) is 0.428. The number of fused-ring (bicyclic) bond motifs is 3. The molecule has 0 spiro atoms. The van der Waals surface area contributed by atoms with E-state index >= 15 is 0 Å². The normalized spacial score (nSPS) is 24.1. The second kappa shape index (κ2) is 8.54. The van der Waals surface area contributed by atoms with E-state index in [1.54, 1.807) is 0 Å². The third-order valence-corrected chi connectivity index (χ3v) is 6.80. The van der Waals surface area contributed by atoms with E-state index < -0.39 is 0 Å². The fourth-order valence-corrected chi connectivity index (χ4v) is 4.73. The van der Waals surface area contributed by atoms with Crippen molar-refractivity contribution in [2.24, 2.45) is 11.8 Å². The van der Waals surface area contributed by atoms with Gasteiger partial charge in [0.15, 0.2) is 0 Å². The molecule has 1 aliphatic heterocycles. The van der Waals surface area contributed by atoms with Crippen LogP contribution in [0.4, 0.5) is 0 Å². The first-order chi connectivity index (χ1) is 12.9. The summed E-state index contributed by atoms with van der Waals surface area (Å²) in [6.07, 6.45) is 9.60. The highest BCUT2D eigenvalue weighted by molar-refractivity contribution is 5.54. The van der Waals surface area contributed by atoms with Crippen molar-refractivity contribution < 1.29 is 9.84 Å². The van der Waals surface area contributed by atoms with E-state index in [4.69, 9.17) is 4.74 Å². The Morgan fingerprint density at radius 1 is 1.26 bits per heavy atom. The number of phenolic OH excluding ortho intramolecular Hbond substituents is 1. The fourth-order valence-electron chi connectivity index (χ4n) is 4.73. The topological polar surface area (TPSA) is 29.5 Å². The Labute approximate surface area is 165 Å². The van der Waals surface area contributed by atoms with Gasteiger partial charge in [-0.1, -0.05) is 64.7 Å². The molecule has 0 radical (unpaired) electrons. The van der Waals surface area contributed by atoms with E-state index in [1.165, 1.54) is 36.8 Å². The number of unbranched alkanes of at least 4 members (excludes halogenated alkanes) is 2. The van der Waals surface area contributed by atoms with Crippen LogP contribution in [0.3, 0.4) is 0 Å². The van der Waals surface area contributed by atoms with Gasteiger partial charge in [-0.05, 0) is 60.8 Å². The van der Waals surface area contributed by atoms with E-state index in [-0.39, 0.29) is 5.92 Å². The van der Waals surface area contributed by atoms with Crippen LogP contribution in [-0.2, 0) is 0 Å². The summed E-state index contributed by atoms with van der Waals surface area (Å²) in [4.78, 5) is 0. The lowest BCUT2D eigenvalue weighted by Gasteiger charge is -2.30. The molecule has 2 heteroatoms. The summed E-state index contributed by atoms with van der Waals surface area (Å²) in [6.45, 7) is 13.9. The van der Waals surface area contributed by atoms with E-state index in [0.29, 0.717) is 30.1 Å². The monoisotopic (exact) mass is 368 g/mol. The Hall–Kier alpha value is -1.70. The summed E-state index contributed by atoms with van der Waals surface area (Å²) in [5.74, 6) is 2.82. The van der Waals surface area contributed by atoms with Crippen LogP contribution >= 0.6 is 0 Å². The SMILES string of the molecule is C=C1COc2cc(C(C)C(C)CCCCC)cc(O)c2C2C=C(C)CC[C@@H]12. The first-order valence-corrected chi connectivity index (χ1v) is 10.8. The molecule has 0 amide bonds. The number of phenols is 1. The van der Waals surface area contributed by atoms with Crippen LogP contribution in [0.15, 0.2) is 35.9 Å². The van der Waals surface area contributed by atoms with Gasteiger partial charge in [-0.15, -0.1) is 0 Å². The number of ether oxygens (including phenoxy) is 1. The van der Waals surface area contributed by atoms with Crippen molar-refractivity contribution in [1.82, 2.24) is 0 Å². The number of rotatable bonds is 6. The Morgan fingerprint density at radius 2 is 2.04 bits per heavy atom. The Morgan fingerprint density at radius 3 is 2.78 bits per heavy atom. The van der Waals surface area contributed by atoms with Crippen molar-refractivity contribution in [3.63, 3.8) is 0 Å². The van der Waals surface area contributed by atoms with Crippen molar-refractivity contribution in [2.75, 3.05) is 6.61 Å². The smallest absolute Gasteiger partial charge is 0.127 e. The summed E-state index contributed by atoms with van der Waals surface area (Å²) in [7, 11) is 0. The number of hydrogen-bond donors (Lipinski definition) is 1. The van der Waals surface area contributed by atoms with Crippen LogP contribution < -0.4 is 4.74 Å². The molecule has 1 aromatic rings. The van der Waals surface area contributed by atoms with Gasteiger partial charge >= 0.3 is 0 Å². The highest BCUT2D eigenvalue weighted by atomic mass is 16.5. The van der Waals surface area contributed by atoms with Gasteiger partial charge in [0.2, 0.25) is 0 Å². The van der Waals surface area contributed by atoms with Crippen LogP contribution in [0.2, 0.25) is 0 Å². The molecule has 1 N–H and O–H groups in total. The number of allylic oxidation sites excluding steroid dienone is 2. The zero-order chi connectivity index (χ0) is 19.6. The average Bonchev–Trinajstić information content (AvgIpc) is 2.78. The van der Waals surface area contributed by atoms with Gasteiger partial charge in [0, 0.05) is 11.5 Å². The molecule has 1 heterocycles. The number of benzene rings is 1. The highest BCUT2D eigenvalue weighted by Crippen LogP contribution is 2.49. The molecule has 27 heavy (non-hydrogen) atoms. The van der Waals surface area contributed by atoms with Gasteiger partial charge < -0.3 is 9.84 Å². The molecule has 148 valence electrons. The third-order valence-electron chi connectivity index (χ3n) is 6.80. The van der Waals surface area contributed by atoms with Gasteiger partial charge in [-0.2, -0.15) is 0 Å². The van der Waals surface area contributed by atoms with Crippen LogP contribution in [0.5, 0.6) is 11.5 Å². The lowest BCUT2D eigenvalue weighted by Crippen LogP contribution is -2.18. The fraction of sp³-hybridized carbons (Fsp3) is 0.600. The van der Waals surface area contributed by atoms with Gasteiger partial charge in [-0.3, -0.25) is 0 Å². The minimum atomic E-state index is 0.190. The summed E-state index contributed by atoms with van der Waals surface area (Å²) in [5.41, 5.74) is 4.71. The maximum Gasteiger partial charge on any atom is 0.127 e. The van der Waals surface area contributed by atoms with Gasteiger partial charge in [-0.25, -0.2) is 0 Å². The van der Waals surface area contributed by atoms with E-state index in [0.717, 1.165) is 29.7 Å². The second-order valence-electron chi connectivity index (χ2n) is 8.84. The maximum atomic E-state index is 11.0. The van der Waals surface area contributed by atoms with Crippen molar-refractivity contribution >= 4 is 0 Å². The van der Waals surface area contributed by atoms with Gasteiger partial charge in [0.05, 0.1) is 0 Å². The van der Waals surface area contributed by atoms with Crippen molar-refractivity contribution in [1.29, 1.82) is 0 Å². The Balaban J connectivity index is 1.91. The first kappa shape index (κ1) is 20.0. The molecule has 0 bridgehead atoms. The van der Waals surface area contributed by atoms with E-state index in [1.807, 2.05) is 6.07 Å². The van der Waals surface area contributed by atoms with Crippen LogP contribution in [-0.4, -0.2) is 11.7 Å². The molecule has 0 fully saturated rings. The second-order valence-corrected chi connectivity index (χ2v) is 8.84. The van der Waals surface area contributed by atoms with Gasteiger partial charge in [0.25, 0.3) is 0 Å². The predicted octanol–water partition coefficient (Wildman–Crippen LogP) is 7.10. The van der Waals surface area contributed by atoms with Crippen LogP contribution in [0.1, 0.15) is 89.2 Å². The summed E-state index contributed by atoms with van der Waals surface area (Å²) in [6, 6.07) is 4.18. The average molecular weight is 369 g/mol. The number of hydrogen-bond acceptors (Lipinski definition) is 2. The molecule has 1 aromatic carbocycles. The van der Waals surface area contributed by atoms with Crippen molar-refractivity contribution in [3.8, 4) is 11.5 Å². The largest absolute Gasteiger partial charge is 0.507 e. The molecule has 3 unspecified atom stereocenters. The standard InChI is InChI=1S/C25H36O2/c1-6-7-8-9-17(3)19(5)20-13-23(26)25-22-12-16(2)10-11-21(22)18(4)15-27-24(25)14-20/h12-14,17,19,21-22,26H,4,6-11,15H2,1-3,5H3/t17?,19?,21-,22?/m0/s1. The molecule has 0 saturated carbocycles. The summed E-state index contributed by atoms with van der Waals surface area (Å²) < 4.78 is 6.15. The molecule has 2 aliphatic rings. The molecular formula is C25H36O2. The highest BCUT2D eigenvalue weighted by Gasteiger charge is 2.34. The summed E-state index contributed by atoms with van der Waals surface area (Å²) >= 11 is 0. The zero-order valence-electron chi connectivity index (χ0n) is 17.6. The Bertz CT molecular complexity index is 715. The lowest BCUT2D eigenvalue weighted by atomic mass is 9.73. The zero-order valence-corrected chi connectivity index (χ0v) is 17.6. The molecule has 1 aliphatic carbocycles. The van der Waals surface area contributed by atoms with E-state index in [2.05, 4.69) is 46.4 Å². The minimum absolute atomic E-state index is 0.190. The van der Waals surface area contributed by atoms with Crippen molar-refractivity contribution in [2.45, 2.75) is 78.1 Å². The molecule has 0 aromatic heterocycles. The minimum Gasteiger partial charge on any atom is -0.507 e. The predicted molar refractivity (Wildman–Crippen MR) is 114 cm³/mol. The van der Waals surface area contributed by atoms with Crippen molar-refractivity contribution in [3.05, 3.63) is 47.1 Å². The first-order valence-electron chi connectivity index (χ1n) is 10.8. The van der Waals surface area contributed by atoms with Crippen LogP contribution in [0, 0.1) is 11.8 Å². The third kappa shape index (κ3) is 4.25. The molecule has 2 nitrogen and oxygen atoms in total. The molecule has 3 rings (SSSR count). The van der Waals surface area contributed by atoms with Crippen LogP contribution in [0.25, 0.3) is 0 Å². The lowest BCUT2D eigenvalue weighted by molar-refractivity contribution is 0.340. The van der Waals surface area contributed by atoms with E-state index in [9.17, 15) is 5.11 Å². The Kier molecular flexibility index (Phi) is 6.34. The molecule has 4 atom stereocenters. The maximum absolute atomic E-state index is 11.0. The number of aromatic hydroxyl groups is 1.